The summed E-state index contributed by atoms with van der Waals surface area (Å²) in [6, 6.07) is 4.43. The van der Waals surface area contributed by atoms with Gasteiger partial charge >= 0.3 is 0 Å². The lowest BCUT2D eigenvalue weighted by Gasteiger charge is -2.20. The van der Waals surface area contributed by atoms with Gasteiger partial charge in [0.1, 0.15) is 4.32 Å². The number of carbonyl (C=O) groups is 1. The highest BCUT2D eigenvalue weighted by Crippen LogP contribution is 2.37. The van der Waals surface area contributed by atoms with Gasteiger partial charge in [-0.05, 0) is 37.1 Å². The zero-order valence-electron chi connectivity index (χ0n) is 13.5. The molecule has 25 heavy (non-hydrogen) atoms. The smallest absolute Gasteiger partial charge is 0.266 e. The van der Waals surface area contributed by atoms with Gasteiger partial charge in [0.05, 0.1) is 29.1 Å². The largest absolute Gasteiger partial charge is 0.504 e. The summed E-state index contributed by atoms with van der Waals surface area (Å²) >= 11 is 6.44. The second-order valence-corrected chi connectivity index (χ2v) is 9.67. The standard InChI is InChI=1S/C16H17NO5S3/c1-2-22-13-7-10(3-4-12(13)18)8-14-15(19)17(16(23)24-14)11-5-6-25(20,21)9-11/h3-4,7-8,11,18H,2,5-6,9H2,1H3/b14-8+/t11-/m1/s1. The van der Waals surface area contributed by atoms with Crippen LogP contribution in [0.25, 0.3) is 6.08 Å². The van der Waals surface area contributed by atoms with Crippen LogP contribution in [0.3, 0.4) is 0 Å². The van der Waals surface area contributed by atoms with E-state index in [-0.39, 0.29) is 29.2 Å². The van der Waals surface area contributed by atoms with Crippen LogP contribution >= 0.6 is 24.0 Å². The Kier molecular flexibility index (Phi) is 5.08. The Morgan fingerprint density at radius 3 is 2.88 bits per heavy atom. The number of thioether (sulfide) groups is 1. The normalized spacial score (nSPS) is 24.3. The maximum atomic E-state index is 12.7. The Bertz CT molecular complexity index is 863. The fraction of sp³-hybridized carbons (Fsp3) is 0.375. The molecule has 0 radical (unpaired) electrons. The van der Waals surface area contributed by atoms with Crippen LogP contribution in [0.5, 0.6) is 11.5 Å². The maximum Gasteiger partial charge on any atom is 0.266 e. The lowest BCUT2D eigenvalue weighted by Crippen LogP contribution is -2.39. The predicted molar refractivity (Wildman–Crippen MR) is 101 cm³/mol. The second kappa shape index (κ2) is 6.97. The van der Waals surface area contributed by atoms with Crippen molar-refractivity contribution in [2.45, 2.75) is 19.4 Å². The van der Waals surface area contributed by atoms with E-state index in [1.807, 2.05) is 6.92 Å². The third kappa shape index (κ3) is 3.83. The minimum absolute atomic E-state index is 0.0303. The number of hydrogen-bond acceptors (Lipinski definition) is 7. The summed E-state index contributed by atoms with van der Waals surface area (Å²) in [6.07, 6.45) is 2.08. The van der Waals surface area contributed by atoms with E-state index in [2.05, 4.69) is 0 Å². The van der Waals surface area contributed by atoms with Crippen LogP contribution < -0.4 is 4.74 Å². The molecule has 0 saturated carbocycles. The van der Waals surface area contributed by atoms with Gasteiger partial charge in [0, 0.05) is 0 Å². The Hall–Kier alpha value is -1.58. The van der Waals surface area contributed by atoms with Crippen LogP contribution in [0.2, 0.25) is 0 Å². The average molecular weight is 400 g/mol. The Balaban J connectivity index is 1.84. The number of aromatic hydroxyl groups is 1. The first-order chi connectivity index (χ1) is 11.8. The van der Waals surface area contributed by atoms with Crippen molar-refractivity contribution in [2.24, 2.45) is 0 Å². The summed E-state index contributed by atoms with van der Waals surface area (Å²) in [5.74, 6) is 0.142. The van der Waals surface area contributed by atoms with Gasteiger partial charge in [-0.3, -0.25) is 9.69 Å². The summed E-state index contributed by atoms with van der Waals surface area (Å²) in [7, 11) is -3.10. The molecule has 1 amide bonds. The minimum atomic E-state index is -3.10. The zero-order valence-corrected chi connectivity index (χ0v) is 15.9. The number of phenolic OH excluding ortho intramolecular Hbond substituents is 1. The fourth-order valence-corrected chi connectivity index (χ4v) is 5.92. The van der Waals surface area contributed by atoms with Crippen LogP contribution in [0, 0.1) is 0 Å². The molecule has 1 aromatic carbocycles. The molecule has 0 bridgehead atoms. The molecular weight excluding hydrogens is 382 g/mol. The lowest BCUT2D eigenvalue weighted by atomic mass is 10.1. The van der Waals surface area contributed by atoms with Crippen LogP contribution in [-0.2, 0) is 14.6 Å². The summed E-state index contributed by atoms with van der Waals surface area (Å²) in [5.41, 5.74) is 0.695. The highest BCUT2D eigenvalue weighted by molar-refractivity contribution is 8.26. The molecule has 0 aliphatic carbocycles. The second-order valence-electron chi connectivity index (χ2n) is 5.77. The van der Waals surface area contributed by atoms with E-state index in [4.69, 9.17) is 17.0 Å². The third-order valence-electron chi connectivity index (χ3n) is 3.98. The van der Waals surface area contributed by atoms with E-state index < -0.39 is 9.84 Å². The molecule has 1 aromatic rings. The minimum Gasteiger partial charge on any atom is -0.504 e. The summed E-state index contributed by atoms with van der Waals surface area (Å²) in [4.78, 5) is 14.5. The molecule has 3 rings (SSSR count). The van der Waals surface area contributed by atoms with Gasteiger partial charge in [-0.25, -0.2) is 8.42 Å². The Labute approximate surface area is 155 Å². The van der Waals surface area contributed by atoms with Gasteiger partial charge in [0.15, 0.2) is 21.3 Å². The number of rotatable bonds is 4. The molecule has 2 aliphatic rings. The van der Waals surface area contributed by atoms with Gasteiger partial charge < -0.3 is 9.84 Å². The van der Waals surface area contributed by atoms with E-state index in [1.165, 1.54) is 11.0 Å². The molecule has 0 aromatic heterocycles. The average Bonchev–Trinajstić information content (AvgIpc) is 3.02. The van der Waals surface area contributed by atoms with Crippen molar-refractivity contribution in [3.05, 3.63) is 28.7 Å². The van der Waals surface area contributed by atoms with Gasteiger partial charge in [0.25, 0.3) is 5.91 Å². The number of phenols is 1. The first-order valence-corrected chi connectivity index (χ1v) is 10.8. The van der Waals surface area contributed by atoms with Crippen molar-refractivity contribution in [3.63, 3.8) is 0 Å². The van der Waals surface area contributed by atoms with Gasteiger partial charge in [-0.2, -0.15) is 0 Å². The number of thiocarbonyl (C=S) groups is 1. The van der Waals surface area contributed by atoms with Crippen molar-refractivity contribution < 1.29 is 23.1 Å². The number of ether oxygens (including phenoxy) is 1. The van der Waals surface area contributed by atoms with Crippen molar-refractivity contribution in [1.29, 1.82) is 0 Å². The summed E-state index contributed by atoms with van der Waals surface area (Å²) in [6.45, 7) is 2.22. The highest BCUT2D eigenvalue weighted by Gasteiger charge is 2.42. The quantitative estimate of drug-likeness (QED) is 0.614. The van der Waals surface area contributed by atoms with Crippen molar-refractivity contribution in [2.75, 3.05) is 18.1 Å². The molecule has 2 heterocycles. The van der Waals surface area contributed by atoms with Crippen LogP contribution in [0.15, 0.2) is 23.1 Å². The van der Waals surface area contributed by atoms with Gasteiger partial charge in [0.2, 0.25) is 0 Å². The topological polar surface area (TPSA) is 83.9 Å². The van der Waals surface area contributed by atoms with Crippen molar-refractivity contribution in [3.8, 4) is 11.5 Å². The number of amides is 1. The number of hydrogen-bond donors (Lipinski definition) is 1. The molecule has 9 heteroatoms. The monoisotopic (exact) mass is 399 g/mol. The molecule has 1 atom stereocenters. The zero-order chi connectivity index (χ0) is 18.2. The van der Waals surface area contributed by atoms with Crippen molar-refractivity contribution in [1.82, 2.24) is 4.90 Å². The van der Waals surface area contributed by atoms with E-state index >= 15 is 0 Å². The number of carbonyl (C=O) groups excluding carboxylic acids is 1. The number of benzene rings is 1. The first kappa shape index (κ1) is 18.2. The molecule has 2 aliphatic heterocycles. The molecule has 2 saturated heterocycles. The highest BCUT2D eigenvalue weighted by atomic mass is 32.2. The van der Waals surface area contributed by atoms with E-state index in [9.17, 15) is 18.3 Å². The molecule has 0 spiro atoms. The van der Waals surface area contributed by atoms with Crippen LogP contribution in [-0.4, -0.2) is 52.8 Å². The summed E-state index contributed by atoms with van der Waals surface area (Å²) in [5, 5.41) is 9.75. The SMILES string of the molecule is CCOc1cc(/C=C2/SC(=S)N([C@@H]3CCS(=O)(=O)C3)C2=O)ccc1O. The molecule has 0 unspecified atom stereocenters. The Morgan fingerprint density at radius 2 is 2.24 bits per heavy atom. The van der Waals surface area contributed by atoms with E-state index in [1.54, 1.807) is 18.2 Å². The summed E-state index contributed by atoms with van der Waals surface area (Å²) < 4.78 is 29.1. The molecule has 1 N–H and O–H groups in total. The van der Waals surface area contributed by atoms with Crippen LogP contribution in [0.1, 0.15) is 18.9 Å². The predicted octanol–water partition coefficient (Wildman–Crippen LogP) is 2.18. The molecular formula is C16H17NO5S3. The molecule has 6 nitrogen and oxygen atoms in total. The van der Waals surface area contributed by atoms with Gasteiger partial charge in [-0.1, -0.05) is 30.0 Å². The molecule has 2 fully saturated rings. The number of nitrogens with zero attached hydrogens (tertiary/aromatic N) is 1. The van der Waals surface area contributed by atoms with Crippen molar-refractivity contribution >= 4 is 50.1 Å². The fourth-order valence-electron chi connectivity index (χ4n) is 2.82. The van der Waals surface area contributed by atoms with E-state index in [0.29, 0.717) is 33.6 Å². The third-order valence-corrected chi connectivity index (χ3v) is 7.06. The lowest BCUT2D eigenvalue weighted by molar-refractivity contribution is -0.123. The van der Waals surface area contributed by atoms with Crippen LogP contribution in [0.4, 0.5) is 0 Å². The maximum absolute atomic E-state index is 12.7. The van der Waals surface area contributed by atoms with Gasteiger partial charge in [-0.15, -0.1) is 0 Å². The Morgan fingerprint density at radius 1 is 1.48 bits per heavy atom. The number of sulfone groups is 1. The van der Waals surface area contributed by atoms with E-state index in [0.717, 1.165) is 11.8 Å². The molecule has 134 valence electrons. The first-order valence-electron chi connectivity index (χ1n) is 7.74.